The maximum Gasteiger partial charge on any atom is 0.347 e. The molecule has 3 aromatic rings. The molecule has 2 N–H and O–H groups in total. The number of hydrogen-bond donors (Lipinski definition) is 2. The summed E-state index contributed by atoms with van der Waals surface area (Å²) in [6.45, 7) is 4.78. The van der Waals surface area contributed by atoms with Gasteiger partial charge in [0.05, 0.1) is 21.3 Å². The second kappa shape index (κ2) is 10.9. The van der Waals surface area contributed by atoms with Gasteiger partial charge in [0.25, 0.3) is 0 Å². The zero-order valence-corrected chi connectivity index (χ0v) is 21.1. The largest absolute Gasteiger partial charge is 0.507 e. The molecule has 0 aliphatic rings. The summed E-state index contributed by atoms with van der Waals surface area (Å²) in [4.78, 5) is 37.6. The van der Waals surface area contributed by atoms with E-state index < -0.39 is 23.7 Å². The van der Waals surface area contributed by atoms with Crippen LogP contribution in [0, 0.1) is 20.8 Å². The molecule has 0 fully saturated rings. The molecule has 37 heavy (non-hydrogen) atoms. The quantitative estimate of drug-likeness (QED) is 0.350. The Kier molecular flexibility index (Phi) is 7.91. The molecule has 10 nitrogen and oxygen atoms in total. The molecule has 0 spiro atoms. The standard InChI is InChI=1S/C27H26O10/c1-13-7-16(33-4)10-19(28)23(13)26(31)37-18-9-15(3)24(21(12-18)34-5)27(32)36-17-8-14(2)22(20(29)11-17)25(30)35-6/h7-12,28-29H,1-6H3. The number of aryl methyl sites for hydroxylation is 3. The first kappa shape index (κ1) is 26.9. The van der Waals surface area contributed by atoms with E-state index in [-0.39, 0.29) is 39.7 Å². The van der Waals surface area contributed by atoms with Gasteiger partial charge < -0.3 is 33.9 Å². The molecule has 0 aromatic heterocycles. The van der Waals surface area contributed by atoms with Gasteiger partial charge in [0.15, 0.2) is 0 Å². The number of phenolic OH excluding ortho intramolecular Hbond substituents is 2. The number of rotatable bonds is 7. The Balaban J connectivity index is 1.89. The fraction of sp³-hybridized carbons (Fsp3) is 0.222. The summed E-state index contributed by atoms with van der Waals surface area (Å²) in [5, 5.41) is 20.5. The van der Waals surface area contributed by atoms with Gasteiger partial charge in [-0.25, -0.2) is 14.4 Å². The van der Waals surface area contributed by atoms with E-state index in [1.807, 2.05) is 0 Å². The number of carbonyl (C=O) groups is 3. The molecule has 0 heterocycles. The van der Waals surface area contributed by atoms with Crippen LogP contribution in [0.25, 0.3) is 0 Å². The predicted molar refractivity (Wildman–Crippen MR) is 131 cm³/mol. The van der Waals surface area contributed by atoms with Crippen molar-refractivity contribution >= 4 is 17.9 Å². The Hall–Kier alpha value is -4.73. The van der Waals surface area contributed by atoms with E-state index in [2.05, 4.69) is 4.74 Å². The first-order valence-electron chi connectivity index (χ1n) is 10.9. The number of aromatic hydroxyl groups is 2. The normalized spacial score (nSPS) is 10.4. The highest BCUT2D eigenvalue weighted by molar-refractivity contribution is 5.98. The van der Waals surface area contributed by atoms with Gasteiger partial charge >= 0.3 is 17.9 Å². The molecule has 0 saturated heterocycles. The Morgan fingerprint density at radius 3 is 1.49 bits per heavy atom. The van der Waals surface area contributed by atoms with Gasteiger partial charge in [-0.1, -0.05) is 0 Å². The van der Waals surface area contributed by atoms with E-state index in [4.69, 9.17) is 18.9 Å². The second-order valence-electron chi connectivity index (χ2n) is 8.06. The van der Waals surface area contributed by atoms with E-state index in [1.165, 1.54) is 45.6 Å². The van der Waals surface area contributed by atoms with Gasteiger partial charge in [0.2, 0.25) is 0 Å². The monoisotopic (exact) mass is 510 g/mol. The highest BCUT2D eigenvalue weighted by atomic mass is 16.5. The molecule has 0 unspecified atom stereocenters. The molecular formula is C27H26O10. The summed E-state index contributed by atoms with van der Waals surface area (Å²) >= 11 is 0. The predicted octanol–water partition coefficient (Wildman–Crippen LogP) is 4.27. The van der Waals surface area contributed by atoms with Crippen molar-refractivity contribution in [1.82, 2.24) is 0 Å². The van der Waals surface area contributed by atoms with Crippen LogP contribution in [-0.2, 0) is 4.74 Å². The SMILES string of the molecule is COC(=O)c1c(C)cc(OC(=O)c2c(C)cc(OC(=O)c3c(C)cc(OC)cc3O)cc2OC)cc1O. The van der Waals surface area contributed by atoms with E-state index in [0.29, 0.717) is 22.4 Å². The van der Waals surface area contributed by atoms with Crippen LogP contribution in [-0.4, -0.2) is 49.5 Å². The topological polar surface area (TPSA) is 138 Å². The van der Waals surface area contributed by atoms with E-state index >= 15 is 0 Å². The Morgan fingerprint density at radius 1 is 0.568 bits per heavy atom. The first-order valence-corrected chi connectivity index (χ1v) is 10.9. The fourth-order valence-electron chi connectivity index (χ4n) is 3.80. The van der Waals surface area contributed by atoms with Gasteiger partial charge in [-0.2, -0.15) is 0 Å². The highest BCUT2D eigenvalue weighted by Crippen LogP contribution is 2.34. The number of hydrogen-bond acceptors (Lipinski definition) is 10. The minimum Gasteiger partial charge on any atom is -0.507 e. The number of benzene rings is 3. The van der Waals surface area contributed by atoms with Crippen molar-refractivity contribution in [3.8, 4) is 34.5 Å². The van der Waals surface area contributed by atoms with Crippen LogP contribution in [0.1, 0.15) is 47.8 Å². The Bertz CT molecular complexity index is 1340. The number of esters is 3. The number of ether oxygens (including phenoxy) is 5. The Morgan fingerprint density at radius 2 is 1.00 bits per heavy atom. The molecule has 194 valence electrons. The molecule has 3 rings (SSSR count). The van der Waals surface area contributed by atoms with Gasteiger partial charge in [-0.05, 0) is 55.7 Å². The molecule has 0 radical (unpaired) electrons. The minimum atomic E-state index is -0.814. The van der Waals surface area contributed by atoms with Gasteiger partial charge in [-0.3, -0.25) is 0 Å². The molecule has 3 aromatic carbocycles. The lowest BCUT2D eigenvalue weighted by molar-refractivity contribution is 0.0595. The summed E-state index contributed by atoms with van der Waals surface area (Å²) in [5.74, 6) is -2.54. The zero-order valence-electron chi connectivity index (χ0n) is 21.1. The van der Waals surface area contributed by atoms with Crippen molar-refractivity contribution in [3.05, 3.63) is 69.8 Å². The maximum atomic E-state index is 13.0. The number of phenols is 2. The van der Waals surface area contributed by atoms with Crippen LogP contribution in [0.5, 0.6) is 34.5 Å². The summed E-state index contributed by atoms with van der Waals surface area (Å²) in [6, 6.07) is 8.19. The molecule has 0 amide bonds. The van der Waals surface area contributed by atoms with E-state index in [9.17, 15) is 24.6 Å². The van der Waals surface area contributed by atoms with Crippen LogP contribution in [0.3, 0.4) is 0 Å². The summed E-state index contributed by atoms with van der Waals surface area (Å²) in [7, 11) is 3.96. The molecule has 0 aliphatic heterocycles. The summed E-state index contributed by atoms with van der Waals surface area (Å²) < 4.78 is 25.9. The van der Waals surface area contributed by atoms with Crippen LogP contribution in [0.15, 0.2) is 36.4 Å². The lowest BCUT2D eigenvalue weighted by Gasteiger charge is -2.15. The van der Waals surface area contributed by atoms with Crippen molar-refractivity contribution in [3.63, 3.8) is 0 Å². The van der Waals surface area contributed by atoms with Crippen molar-refractivity contribution < 1.29 is 48.3 Å². The fourth-order valence-corrected chi connectivity index (χ4v) is 3.80. The van der Waals surface area contributed by atoms with Crippen LogP contribution < -0.4 is 18.9 Å². The molecular weight excluding hydrogens is 484 g/mol. The average molecular weight is 510 g/mol. The van der Waals surface area contributed by atoms with Crippen LogP contribution in [0.2, 0.25) is 0 Å². The third-order valence-corrected chi connectivity index (χ3v) is 5.52. The second-order valence-corrected chi connectivity index (χ2v) is 8.06. The molecule has 0 aliphatic carbocycles. The molecule has 0 atom stereocenters. The first-order chi connectivity index (χ1) is 17.5. The van der Waals surface area contributed by atoms with Crippen molar-refractivity contribution in [2.45, 2.75) is 20.8 Å². The van der Waals surface area contributed by atoms with Gasteiger partial charge in [0.1, 0.15) is 51.2 Å². The lowest BCUT2D eigenvalue weighted by atomic mass is 10.1. The Labute approximate surface area is 212 Å². The van der Waals surface area contributed by atoms with Crippen LogP contribution in [0.4, 0.5) is 0 Å². The zero-order chi connectivity index (χ0) is 27.4. The van der Waals surface area contributed by atoms with Crippen molar-refractivity contribution in [1.29, 1.82) is 0 Å². The lowest BCUT2D eigenvalue weighted by Crippen LogP contribution is -2.14. The van der Waals surface area contributed by atoms with Crippen molar-refractivity contribution in [2.75, 3.05) is 21.3 Å². The molecule has 0 saturated carbocycles. The van der Waals surface area contributed by atoms with Crippen molar-refractivity contribution in [2.24, 2.45) is 0 Å². The number of methoxy groups -OCH3 is 3. The highest BCUT2D eigenvalue weighted by Gasteiger charge is 2.24. The summed E-state index contributed by atoms with van der Waals surface area (Å²) in [6.07, 6.45) is 0. The van der Waals surface area contributed by atoms with Gasteiger partial charge in [0, 0.05) is 18.2 Å². The average Bonchev–Trinajstić information content (AvgIpc) is 2.82. The van der Waals surface area contributed by atoms with Gasteiger partial charge in [-0.15, -0.1) is 0 Å². The third kappa shape index (κ3) is 5.58. The van der Waals surface area contributed by atoms with E-state index in [1.54, 1.807) is 26.8 Å². The maximum absolute atomic E-state index is 13.0. The number of carbonyl (C=O) groups excluding carboxylic acids is 3. The minimum absolute atomic E-state index is 0.00457. The molecule has 0 bridgehead atoms. The van der Waals surface area contributed by atoms with E-state index in [0.717, 1.165) is 6.07 Å². The van der Waals surface area contributed by atoms with Crippen LogP contribution >= 0.6 is 0 Å². The third-order valence-electron chi connectivity index (χ3n) is 5.52. The smallest absolute Gasteiger partial charge is 0.347 e. The summed E-state index contributed by atoms with van der Waals surface area (Å²) in [5.41, 5.74) is 1.14. The molecule has 10 heteroatoms.